The van der Waals surface area contributed by atoms with Crippen LogP contribution in [0.2, 0.25) is 5.02 Å². The zero-order chi connectivity index (χ0) is 12.1. The molecule has 2 aromatic rings. The maximum Gasteiger partial charge on any atom is 0.0407 e. The van der Waals surface area contributed by atoms with Gasteiger partial charge in [-0.3, -0.25) is 0 Å². The molecule has 0 atom stereocenters. The van der Waals surface area contributed by atoms with Crippen LogP contribution in [0, 0.1) is 0 Å². The molecule has 0 amide bonds. The van der Waals surface area contributed by atoms with Crippen LogP contribution >= 0.6 is 11.6 Å². The molecule has 0 aliphatic rings. The van der Waals surface area contributed by atoms with Crippen molar-refractivity contribution in [2.75, 3.05) is 11.9 Å². The highest BCUT2D eigenvalue weighted by atomic mass is 35.5. The van der Waals surface area contributed by atoms with Crippen LogP contribution in [0.25, 0.3) is 5.57 Å². The number of hydrogen-bond acceptors (Lipinski definition) is 1. The molecule has 0 heterocycles. The van der Waals surface area contributed by atoms with Gasteiger partial charge < -0.3 is 5.32 Å². The third kappa shape index (κ3) is 3.36. The molecule has 2 heteroatoms. The van der Waals surface area contributed by atoms with E-state index < -0.39 is 0 Å². The minimum atomic E-state index is 0.728. The number of anilines is 1. The third-order valence-electron chi connectivity index (χ3n) is 2.53. The molecule has 0 aliphatic heterocycles. The summed E-state index contributed by atoms with van der Waals surface area (Å²) in [5.41, 5.74) is 3.28. The van der Waals surface area contributed by atoms with Gasteiger partial charge in [0.1, 0.15) is 0 Å². The number of hydrogen-bond donors (Lipinski definition) is 1. The summed E-state index contributed by atoms with van der Waals surface area (Å²) in [6.07, 6.45) is 0. The van der Waals surface area contributed by atoms with E-state index in [1.54, 1.807) is 0 Å². The van der Waals surface area contributed by atoms with Crippen molar-refractivity contribution in [1.29, 1.82) is 0 Å². The Bertz CT molecular complexity index is 488. The molecule has 2 rings (SSSR count). The van der Waals surface area contributed by atoms with Crippen LogP contribution in [-0.2, 0) is 0 Å². The molecule has 1 nitrogen and oxygen atoms in total. The molecule has 17 heavy (non-hydrogen) atoms. The predicted molar refractivity (Wildman–Crippen MR) is 75.4 cm³/mol. The fraction of sp³-hybridized carbons (Fsp3) is 0.0667. The first-order chi connectivity index (χ1) is 8.25. The van der Waals surface area contributed by atoms with Crippen molar-refractivity contribution in [2.24, 2.45) is 0 Å². The Kier molecular flexibility index (Phi) is 3.84. The molecule has 0 unspecified atom stereocenters. The van der Waals surface area contributed by atoms with E-state index in [1.807, 2.05) is 42.5 Å². The second-order valence-corrected chi connectivity index (χ2v) is 4.27. The zero-order valence-corrected chi connectivity index (χ0v) is 10.2. The molecule has 0 fully saturated rings. The van der Waals surface area contributed by atoms with Gasteiger partial charge in [-0.1, -0.05) is 48.5 Å². The van der Waals surface area contributed by atoms with Gasteiger partial charge in [0, 0.05) is 17.3 Å². The molecule has 1 N–H and O–H groups in total. The summed E-state index contributed by atoms with van der Waals surface area (Å²) in [5, 5.41) is 4.06. The molecule has 0 aromatic heterocycles. The van der Waals surface area contributed by atoms with Crippen LogP contribution in [0.1, 0.15) is 5.56 Å². The van der Waals surface area contributed by atoms with E-state index in [2.05, 4.69) is 24.0 Å². The highest BCUT2D eigenvalue weighted by Gasteiger charge is 1.98. The molecular formula is C15H14ClN. The Balaban J connectivity index is 1.95. The standard InChI is InChI=1S/C15H14ClN/c1-12(13-5-3-2-4-6-13)11-17-15-9-7-14(16)8-10-15/h2-10,17H,1,11H2. The van der Waals surface area contributed by atoms with Gasteiger partial charge in [0.05, 0.1) is 0 Å². The van der Waals surface area contributed by atoms with Crippen molar-refractivity contribution in [1.82, 2.24) is 0 Å². The molecular weight excluding hydrogens is 230 g/mol. The minimum absolute atomic E-state index is 0.728. The molecule has 2 aromatic carbocycles. The number of nitrogens with one attached hydrogen (secondary N) is 1. The second-order valence-electron chi connectivity index (χ2n) is 3.83. The fourth-order valence-electron chi connectivity index (χ4n) is 1.55. The maximum atomic E-state index is 5.82. The highest BCUT2D eigenvalue weighted by Crippen LogP contribution is 2.16. The Hall–Kier alpha value is -1.73. The first-order valence-electron chi connectivity index (χ1n) is 5.48. The van der Waals surface area contributed by atoms with Crippen molar-refractivity contribution in [3.8, 4) is 0 Å². The van der Waals surface area contributed by atoms with E-state index in [9.17, 15) is 0 Å². The normalized spacial score (nSPS) is 9.94. The second kappa shape index (κ2) is 5.55. The van der Waals surface area contributed by atoms with Crippen molar-refractivity contribution >= 4 is 22.9 Å². The molecule has 0 bridgehead atoms. The Morgan fingerprint density at radius 3 is 2.29 bits per heavy atom. The van der Waals surface area contributed by atoms with Crippen molar-refractivity contribution in [3.05, 3.63) is 71.8 Å². The van der Waals surface area contributed by atoms with E-state index in [0.29, 0.717) is 0 Å². The van der Waals surface area contributed by atoms with Crippen LogP contribution in [0.4, 0.5) is 5.69 Å². The molecule has 0 saturated carbocycles. The van der Waals surface area contributed by atoms with Gasteiger partial charge >= 0.3 is 0 Å². The first-order valence-corrected chi connectivity index (χ1v) is 5.86. The summed E-state index contributed by atoms with van der Waals surface area (Å²) in [5.74, 6) is 0. The Morgan fingerprint density at radius 1 is 1.00 bits per heavy atom. The van der Waals surface area contributed by atoms with Gasteiger partial charge in [0.15, 0.2) is 0 Å². The van der Waals surface area contributed by atoms with Gasteiger partial charge in [-0.15, -0.1) is 0 Å². The van der Waals surface area contributed by atoms with E-state index in [1.165, 1.54) is 0 Å². The molecule has 86 valence electrons. The van der Waals surface area contributed by atoms with Crippen LogP contribution in [0.5, 0.6) is 0 Å². The van der Waals surface area contributed by atoms with Crippen molar-refractivity contribution in [3.63, 3.8) is 0 Å². The molecule has 0 aliphatic carbocycles. The van der Waals surface area contributed by atoms with Gasteiger partial charge in [-0.05, 0) is 35.4 Å². The summed E-state index contributed by atoms with van der Waals surface area (Å²) in [6, 6.07) is 17.8. The lowest BCUT2D eigenvalue weighted by molar-refractivity contribution is 1.34. The SMILES string of the molecule is C=C(CNc1ccc(Cl)cc1)c1ccccc1. The van der Waals surface area contributed by atoms with Crippen LogP contribution in [-0.4, -0.2) is 6.54 Å². The Morgan fingerprint density at radius 2 is 1.65 bits per heavy atom. The largest absolute Gasteiger partial charge is 0.381 e. The van der Waals surface area contributed by atoms with Gasteiger partial charge in [0.25, 0.3) is 0 Å². The van der Waals surface area contributed by atoms with Crippen molar-refractivity contribution < 1.29 is 0 Å². The van der Waals surface area contributed by atoms with Crippen LogP contribution < -0.4 is 5.32 Å². The highest BCUT2D eigenvalue weighted by molar-refractivity contribution is 6.30. The van der Waals surface area contributed by atoms with E-state index in [-0.39, 0.29) is 0 Å². The lowest BCUT2D eigenvalue weighted by Gasteiger charge is -2.09. The lowest BCUT2D eigenvalue weighted by Crippen LogP contribution is -2.02. The van der Waals surface area contributed by atoms with Crippen molar-refractivity contribution in [2.45, 2.75) is 0 Å². The summed E-state index contributed by atoms with van der Waals surface area (Å²) < 4.78 is 0. The van der Waals surface area contributed by atoms with Gasteiger partial charge in [0.2, 0.25) is 0 Å². The number of benzene rings is 2. The quantitative estimate of drug-likeness (QED) is 0.836. The molecule has 0 radical (unpaired) electrons. The summed E-state index contributed by atoms with van der Waals surface area (Å²) in [7, 11) is 0. The topological polar surface area (TPSA) is 12.0 Å². The summed E-state index contributed by atoms with van der Waals surface area (Å²) in [4.78, 5) is 0. The monoisotopic (exact) mass is 243 g/mol. The van der Waals surface area contributed by atoms with E-state index in [4.69, 9.17) is 11.6 Å². The Labute approximate surface area is 107 Å². The van der Waals surface area contributed by atoms with E-state index >= 15 is 0 Å². The summed E-state index contributed by atoms with van der Waals surface area (Å²) in [6.45, 7) is 4.80. The molecule has 0 spiro atoms. The van der Waals surface area contributed by atoms with Crippen LogP contribution in [0.3, 0.4) is 0 Å². The lowest BCUT2D eigenvalue weighted by atomic mass is 10.1. The van der Waals surface area contributed by atoms with E-state index in [0.717, 1.165) is 28.4 Å². The maximum absolute atomic E-state index is 5.82. The number of rotatable bonds is 4. The third-order valence-corrected chi connectivity index (χ3v) is 2.78. The average molecular weight is 244 g/mol. The average Bonchev–Trinajstić information content (AvgIpc) is 2.39. The van der Waals surface area contributed by atoms with Gasteiger partial charge in [-0.2, -0.15) is 0 Å². The zero-order valence-electron chi connectivity index (χ0n) is 9.49. The predicted octanol–water partition coefficient (Wildman–Crippen LogP) is 4.47. The fourth-order valence-corrected chi connectivity index (χ4v) is 1.68. The first kappa shape index (κ1) is 11.7. The molecule has 0 saturated heterocycles. The number of halogens is 1. The smallest absolute Gasteiger partial charge is 0.0407 e. The minimum Gasteiger partial charge on any atom is -0.381 e. The van der Waals surface area contributed by atoms with Crippen LogP contribution in [0.15, 0.2) is 61.2 Å². The van der Waals surface area contributed by atoms with Gasteiger partial charge in [-0.25, -0.2) is 0 Å². The summed E-state index contributed by atoms with van der Waals surface area (Å²) >= 11 is 5.82.